The Morgan fingerprint density at radius 2 is 1.92 bits per heavy atom. The fourth-order valence-electron chi connectivity index (χ4n) is 4.94. The molecule has 39 heavy (non-hydrogen) atoms. The average molecular weight is 527 g/mol. The smallest absolute Gasteiger partial charge is 0.337 e. The van der Waals surface area contributed by atoms with E-state index in [0.717, 1.165) is 17.4 Å². The summed E-state index contributed by atoms with van der Waals surface area (Å²) in [6.07, 6.45) is 1.79. The van der Waals surface area contributed by atoms with Crippen LogP contribution in [0.1, 0.15) is 30.1 Å². The molecule has 200 valence electrons. The van der Waals surface area contributed by atoms with Crippen molar-refractivity contribution in [1.29, 1.82) is 0 Å². The number of carbonyl (C=O) groups excluding carboxylic acids is 1. The second-order valence-corrected chi connectivity index (χ2v) is 9.45. The average Bonchev–Trinajstić information content (AvgIpc) is 3.33. The number of piperidine rings is 1. The summed E-state index contributed by atoms with van der Waals surface area (Å²) in [5.74, 6) is 6.55. The SMILES string of the molecule is CC#CCn1c(N2CCC[C@@H](N)C2)nc2c1c(=O)n(CC(=O)c1cccc(OC)c1)c(=O)n2-c1ccccc1. The molecule has 2 N–H and O–H groups in total. The molecule has 1 saturated heterocycles. The van der Waals surface area contributed by atoms with E-state index < -0.39 is 23.6 Å². The van der Waals surface area contributed by atoms with Gasteiger partial charge in [0.15, 0.2) is 16.9 Å². The number of ketones is 1. The number of nitrogens with zero attached hydrogens (tertiary/aromatic N) is 5. The number of fused-ring (bicyclic) bond motifs is 1. The molecule has 10 heteroatoms. The van der Waals surface area contributed by atoms with E-state index >= 15 is 0 Å². The van der Waals surface area contributed by atoms with Crippen LogP contribution < -0.4 is 26.6 Å². The Morgan fingerprint density at radius 1 is 1.13 bits per heavy atom. The van der Waals surface area contributed by atoms with Crippen molar-refractivity contribution >= 4 is 22.9 Å². The van der Waals surface area contributed by atoms with Crippen molar-refractivity contribution in [2.24, 2.45) is 5.73 Å². The lowest BCUT2D eigenvalue weighted by Gasteiger charge is -2.31. The summed E-state index contributed by atoms with van der Waals surface area (Å²) in [6, 6.07) is 15.6. The van der Waals surface area contributed by atoms with E-state index in [1.54, 1.807) is 60.0 Å². The Balaban J connectivity index is 1.76. The van der Waals surface area contributed by atoms with Crippen LogP contribution >= 0.6 is 0 Å². The predicted molar refractivity (Wildman–Crippen MR) is 150 cm³/mol. The molecule has 3 heterocycles. The molecular formula is C29H30N6O4. The minimum atomic E-state index is -0.650. The molecule has 0 saturated carbocycles. The zero-order valence-electron chi connectivity index (χ0n) is 22.0. The third-order valence-electron chi connectivity index (χ3n) is 6.87. The number of imidazole rings is 1. The summed E-state index contributed by atoms with van der Waals surface area (Å²) < 4.78 is 9.33. The van der Waals surface area contributed by atoms with Gasteiger partial charge in [0.05, 0.1) is 25.9 Å². The third-order valence-corrected chi connectivity index (χ3v) is 6.87. The van der Waals surface area contributed by atoms with E-state index in [1.807, 2.05) is 11.0 Å². The topological polar surface area (TPSA) is 117 Å². The molecule has 2 aromatic carbocycles. The molecule has 1 atom stereocenters. The van der Waals surface area contributed by atoms with Gasteiger partial charge in [0.1, 0.15) is 5.75 Å². The first kappa shape index (κ1) is 26.0. The van der Waals surface area contributed by atoms with Crippen molar-refractivity contribution < 1.29 is 9.53 Å². The van der Waals surface area contributed by atoms with E-state index in [0.29, 0.717) is 36.0 Å². The zero-order valence-corrected chi connectivity index (χ0v) is 22.0. The largest absolute Gasteiger partial charge is 0.497 e. The van der Waals surface area contributed by atoms with Crippen LogP contribution in [0.4, 0.5) is 5.95 Å². The van der Waals surface area contributed by atoms with Gasteiger partial charge < -0.3 is 15.4 Å². The van der Waals surface area contributed by atoms with Crippen LogP contribution in [0.2, 0.25) is 0 Å². The van der Waals surface area contributed by atoms with Crippen molar-refractivity contribution in [2.75, 3.05) is 25.1 Å². The molecule has 1 aliphatic rings. The van der Waals surface area contributed by atoms with Crippen LogP contribution in [0.3, 0.4) is 0 Å². The number of hydrogen-bond donors (Lipinski definition) is 1. The van der Waals surface area contributed by atoms with Crippen LogP contribution in [0.25, 0.3) is 16.9 Å². The van der Waals surface area contributed by atoms with Gasteiger partial charge in [-0.25, -0.2) is 9.36 Å². The lowest BCUT2D eigenvalue weighted by molar-refractivity contribution is 0.0968. The quantitative estimate of drug-likeness (QED) is 0.290. The van der Waals surface area contributed by atoms with E-state index in [-0.39, 0.29) is 23.8 Å². The molecule has 4 aromatic rings. The molecular weight excluding hydrogens is 496 g/mol. The number of rotatable bonds is 7. The Labute approximate surface area is 225 Å². The number of methoxy groups -OCH3 is 1. The highest BCUT2D eigenvalue weighted by atomic mass is 16.5. The first-order valence-electron chi connectivity index (χ1n) is 12.8. The van der Waals surface area contributed by atoms with Crippen LogP contribution in [-0.4, -0.2) is 50.7 Å². The van der Waals surface area contributed by atoms with E-state index in [4.69, 9.17) is 15.5 Å². The minimum absolute atomic E-state index is 0.0299. The van der Waals surface area contributed by atoms with E-state index in [1.165, 1.54) is 11.7 Å². The summed E-state index contributed by atoms with van der Waals surface area (Å²) in [7, 11) is 1.51. The van der Waals surface area contributed by atoms with Gasteiger partial charge in [0.2, 0.25) is 5.95 Å². The standard InChI is InChI=1S/C29H30N6O4/c1-3-4-16-33-25-26(31-28(33)32-15-9-11-21(30)18-32)35(22-12-6-5-7-13-22)29(38)34(27(25)37)19-24(36)20-10-8-14-23(17-20)39-2/h5-8,10,12-14,17,21H,9,11,15-16,18-19,30H2,1-2H3/t21-/m1/s1. The van der Waals surface area contributed by atoms with Gasteiger partial charge in [-0.2, -0.15) is 4.98 Å². The fraction of sp³-hybridized carbons (Fsp3) is 0.310. The molecule has 0 unspecified atom stereocenters. The Bertz CT molecular complexity index is 1710. The minimum Gasteiger partial charge on any atom is -0.497 e. The summed E-state index contributed by atoms with van der Waals surface area (Å²) >= 11 is 0. The lowest BCUT2D eigenvalue weighted by atomic mass is 10.1. The number of anilines is 1. The van der Waals surface area contributed by atoms with E-state index in [2.05, 4.69) is 11.8 Å². The van der Waals surface area contributed by atoms with Gasteiger partial charge in [-0.3, -0.25) is 18.7 Å². The highest BCUT2D eigenvalue weighted by Crippen LogP contribution is 2.24. The van der Waals surface area contributed by atoms with Crippen molar-refractivity contribution in [2.45, 2.75) is 38.9 Å². The lowest BCUT2D eigenvalue weighted by Crippen LogP contribution is -2.44. The maximum absolute atomic E-state index is 14.0. The molecule has 1 aliphatic heterocycles. The number of aromatic nitrogens is 4. The first-order chi connectivity index (χ1) is 18.9. The molecule has 2 aromatic heterocycles. The summed E-state index contributed by atoms with van der Waals surface area (Å²) in [5.41, 5.74) is 6.30. The van der Waals surface area contributed by atoms with Gasteiger partial charge >= 0.3 is 5.69 Å². The molecule has 0 amide bonds. The van der Waals surface area contributed by atoms with E-state index in [9.17, 15) is 14.4 Å². The summed E-state index contributed by atoms with van der Waals surface area (Å²) in [4.78, 5) is 48.0. The number of para-hydroxylation sites is 1. The number of carbonyl (C=O) groups is 1. The van der Waals surface area contributed by atoms with Gasteiger partial charge in [0.25, 0.3) is 5.56 Å². The maximum Gasteiger partial charge on any atom is 0.337 e. The summed E-state index contributed by atoms with van der Waals surface area (Å²) in [6.45, 7) is 2.76. The van der Waals surface area contributed by atoms with Crippen molar-refractivity contribution in [3.8, 4) is 23.3 Å². The van der Waals surface area contributed by atoms with Crippen molar-refractivity contribution in [1.82, 2.24) is 18.7 Å². The van der Waals surface area contributed by atoms with Gasteiger partial charge in [-0.1, -0.05) is 36.3 Å². The predicted octanol–water partition coefficient (Wildman–Crippen LogP) is 2.19. The molecule has 1 fully saturated rings. The monoisotopic (exact) mass is 526 g/mol. The third kappa shape index (κ3) is 4.96. The fourth-order valence-corrected chi connectivity index (χ4v) is 4.94. The molecule has 10 nitrogen and oxygen atoms in total. The van der Waals surface area contributed by atoms with Crippen LogP contribution in [0, 0.1) is 11.8 Å². The van der Waals surface area contributed by atoms with Gasteiger partial charge in [-0.15, -0.1) is 5.92 Å². The second kappa shape index (κ2) is 11.0. The second-order valence-electron chi connectivity index (χ2n) is 9.45. The molecule has 0 radical (unpaired) electrons. The first-order valence-corrected chi connectivity index (χ1v) is 12.8. The molecule has 0 spiro atoms. The van der Waals surface area contributed by atoms with Crippen molar-refractivity contribution in [3.05, 3.63) is 81.0 Å². The Hall–Kier alpha value is -4.62. The number of nitrogens with two attached hydrogens (primary N) is 1. The number of Topliss-reactive ketones (excluding diaryl/α,β-unsaturated/α-hetero) is 1. The van der Waals surface area contributed by atoms with Gasteiger partial charge in [-0.05, 0) is 44.0 Å². The normalized spacial score (nSPS) is 15.2. The highest BCUT2D eigenvalue weighted by molar-refractivity contribution is 5.96. The molecule has 5 rings (SSSR count). The Kier molecular flexibility index (Phi) is 7.34. The van der Waals surface area contributed by atoms with Crippen LogP contribution in [-0.2, 0) is 13.1 Å². The molecule has 0 aliphatic carbocycles. The zero-order chi connectivity index (χ0) is 27.5. The number of ether oxygens (including phenoxy) is 1. The number of hydrogen-bond acceptors (Lipinski definition) is 7. The number of benzene rings is 2. The highest BCUT2D eigenvalue weighted by Gasteiger charge is 2.28. The van der Waals surface area contributed by atoms with Crippen LogP contribution in [0.15, 0.2) is 64.2 Å². The maximum atomic E-state index is 14.0. The van der Waals surface area contributed by atoms with Gasteiger partial charge in [0, 0.05) is 24.7 Å². The Morgan fingerprint density at radius 3 is 2.64 bits per heavy atom. The van der Waals surface area contributed by atoms with Crippen molar-refractivity contribution in [3.63, 3.8) is 0 Å². The van der Waals surface area contributed by atoms with Crippen LogP contribution in [0.5, 0.6) is 5.75 Å². The summed E-state index contributed by atoms with van der Waals surface area (Å²) in [5, 5.41) is 0. The molecule has 0 bridgehead atoms.